The van der Waals surface area contributed by atoms with Crippen molar-refractivity contribution in [2.75, 3.05) is 13.1 Å². The molecule has 0 radical (unpaired) electrons. The first-order valence-electron chi connectivity index (χ1n) is 9.61. The van der Waals surface area contributed by atoms with Gasteiger partial charge in [-0.05, 0) is 59.0 Å². The fraction of sp³-hybridized carbons (Fsp3) is 0.261. The maximum atomic E-state index is 13.5. The summed E-state index contributed by atoms with van der Waals surface area (Å²) in [5.74, 6) is -1.18. The summed E-state index contributed by atoms with van der Waals surface area (Å²) in [4.78, 5) is 14.4. The first-order valence-corrected chi connectivity index (χ1v) is 9.61. The molecular weight excluding hydrogens is 398 g/mol. The molecule has 0 bridgehead atoms. The summed E-state index contributed by atoms with van der Waals surface area (Å²) >= 11 is 0. The minimum atomic E-state index is -4.70. The minimum absolute atomic E-state index is 0.118. The van der Waals surface area contributed by atoms with Gasteiger partial charge in [-0.2, -0.15) is 13.2 Å². The van der Waals surface area contributed by atoms with E-state index in [-0.39, 0.29) is 18.0 Å². The topological polar surface area (TPSA) is 40.5 Å². The van der Waals surface area contributed by atoms with Crippen LogP contribution in [0.4, 0.5) is 17.6 Å². The minimum Gasteiger partial charge on any atom is -0.391 e. The van der Waals surface area contributed by atoms with Gasteiger partial charge < -0.3 is 10.0 Å². The highest BCUT2D eigenvalue weighted by Gasteiger charge is 2.34. The molecule has 1 aliphatic heterocycles. The number of fused-ring (bicyclic) bond motifs is 1. The average Bonchev–Trinajstić information content (AvgIpc) is 2.72. The molecule has 1 saturated heterocycles. The maximum Gasteiger partial charge on any atom is 0.417 e. The molecule has 1 heterocycles. The molecule has 1 fully saturated rings. The fourth-order valence-electron chi connectivity index (χ4n) is 3.96. The lowest BCUT2D eigenvalue weighted by Gasteiger charge is -2.30. The van der Waals surface area contributed by atoms with E-state index in [4.69, 9.17) is 0 Å². The van der Waals surface area contributed by atoms with E-state index in [1.165, 1.54) is 0 Å². The van der Waals surface area contributed by atoms with Crippen molar-refractivity contribution in [1.29, 1.82) is 0 Å². The van der Waals surface area contributed by atoms with Gasteiger partial charge in [0.1, 0.15) is 5.82 Å². The van der Waals surface area contributed by atoms with Crippen LogP contribution in [0, 0.1) is 5.82 Å². The summed E-state index contributed by atoms with van der Waals surface area (Å²) in [6.07, 6.45) is -3.88. The second kappa shape index (κ2) is 7.72. The van der Waals surface area contributed by atoms with E-state index in [0.29, 0.717) is 40.9 Å². The lowest BCUT2D eigenvalue weighted by atomic mass is 9.93. The molecule has 156 valence electrons. The highest BCUT2D eigenvalue weighted by molar-refractivity contribution is 6.03. The van der Waals surface area contributed by atoms with E-state index in [1.807, 2.05) is 0 Å². The Balaban J connectivity index is 1.77. The summed E-state index contributed by atoms with van der Waals surface area (Å²) < 4.78 is 53.9. The number of β-amino-alcohol motifs (C(OH)–C–C–N with tert-alkyl or cyclic N) is 1. The molecule has 7 heteroatoms. The highest BCUT2D eigenvalue weighted by atomic mass is 19.4. The molecule has 0 spiro atoms. The molecule has 1 atom stereocenters. The van der Waals surface area contributed by atoms with Gasteiger partial charge in [-0.1, -0.05) is 30.3 Å². The van der Waals surface area contributed by atoms with Crippen LogP contribution in [0.25, 0.3) is 21.9 Å². The predicted molar refractivity (Wildman–Crippen MR) is 105 cm³/mol. The van der Waals surface area contributed by atoms with Crippen molar-refractivity contribution in [3.05, 3.63) is 71.5 Å². The van der Waals surface area contributed by atoms with Crippen molar-refractivity contribution in [1.82, 2.24) is 4.90 Å². The summed E-state index contributed by atoms with van der Waals surface area (Å²) in [7, 11) is 0. The number of hydrogen-bond acceptors (Lipinski definition) is 2. The van der Waals surface area contributed by atoms with Crippen molar-refractivity contribution >= 4 is 16.7 Å². The molecular formula is C23H19F4NO2. The second-order valence-electron chi connectivity index (χ2n) is 7.48. The van der Waals surface area contributed by atoms with E-state index >= 15 is 0 Å². The van der Waals surface area contributed by atoms with Gasteiger partial charge in [-0.3, -0.25) is 4.79 Å². The number of aliphatic hydroxyl groups excluding tert-OH is 1. The van der Waals surface area contributed by atoms with Crippen LogP contribution in [0.1, 0.15) is 28.8 Å². The Bertz CT molecular complexity index is 1110. The first-order chi connectivity index (χ1) is 14.2. The number of amides is 1. The number of benzene rings is 3. The first kappa shape index (κ1) is 20.3. The number of likely N-dealkylation sites (tertiary alicyclic amines) is 1. The third-order valence-electron chi connectivity index (χ3n) is 5.39. The summed E-state index contributed by atoms with van der Waals surface area (Å²) in [6.45, 7) is 0.819. The number of halogens is 4. The van der Waals surface area contributed by atoms with E-state index in [2.05, 4.69) is 0 Å². The number of rotatable bonds is 2. The van der Waals surface area contributed by atoms with Crippen LogP contribution in [-0.4, -0.2) is 35.1 Å². The summed E-state index contributed by atoms with van der Waals surface area (Å²) in [5.41, 5.74) is -0.443. The van der Waals surface area contributed by atoms with Crippen molar-refractivity contribution in [2.24, 2.45) is 0 Å². The van der Waals surface area contributed by atoms with Gasteiger partial charge in [0.25, 0.3) is 5.91 Å². The van der Waals surface area contributed by atoms with Gasteiger partial charge in [0.2, 0.25) is 0 Å². The second-order valence-corrected chi connectivity index (χ2v) is 7.48. The SMILES string of the molecule is O=C(c1ccc2c(-c3ccc(F)cc3C(F)(F)F)cccc2c1)N1CCC[C@H](O)C1. The Labute approximate surface area is 170 Å². The highest BCUT2D eigenvalue weighted by Crippen LogP contribution is 2.40. The lowest BCUT2D eigenvalue weighted by molar-refractivity contribution is -0.137. The number of piperidine rings is 1. The standard InChI is InChI=1S/C23H19F4NO2/c24-16-7-9-20(21(12-16)23(25,26)27)19-5-1-3-14-11-15(6-8-18(14)19)22(30)28-10-2-4-17(29)13-28/h1,3,5-9,11-12,17,29H,2,4,10,13H2/t17-/m0/s1. The van der Waals surface area contributed by atoms with E-state index in [9.17, 15) is 27.5 Å². The molecule has 3 aromatic carbocycles. The Morgan fingerprint density at radius 2 is 1.83 bits per heavy atom. The van der Waals surface area contributed by atoms with Crippen molar-refractivity contribution in [3.8, 4) is 11.1 Å². The van der Waals surface area contributed by atoms with Gasteiger partial charge in [0.15, 0.2) is 0 Å². The number of nitrogens with zero attached hydrogens (tertiary/aromatic N) is 1. The van der Waals surface area contributed by atoms with Gasteiger partial charge >= 0.3 is 6.18 Å². The normalized spacial score (nSPS) is 17.4. The van der Waals surface area contributed by atoms with Crippen LogP contribution in [0.2, 0.25) is 0 Å². The number of hydrogen-bond donors (Lipinski definition) is 1. The van der Waals surface area contributed by atoms with E-state index < -0.39 is 23.7 Å². The van der Waals surface area contributed by atoms with Crippen molar-refractivity contribution in [2.45, 2.75) is 25.1 Å². The smallest absolute Gasteiger partial charge is 0.391 e. The van der Waals surface area contributed by atoms with Crippen LogP contribution in [-0.2, 0) is 6.18 Å². The molecule has 0 unspecified atom stereocenters. The molecule has 1 amide bonds. The third kappa shape index (κ3) is 3.89. The number of carbonyl (C=O) groups excluding carboxylic acids is 1. The molecule has 3 nitrogen and oxygen atoms in total. The van der Waals surface area contributed by atoms with Gasteiger partial charge in [-0.15, -0.1) is 0 Å². The number of aliphatic hydroxyl groups is 1. The zero-order valence-corrected chi connectivity index (χ0v) is 15.9. The lowest BCUT2D eigenvalue weighted by Crippen LogP contribution is -2.42. The Kier molecular flexibility index (Phi) is 5.24. The largest absolute Gasteiger partial charge is 0.417 e. The van der Waals surface area contributed by atoms with Crippen LogP contribution in [0.5, 0.6) is 0 Å². The molecule has 1 aliphatic rings. The van der Waals surface area contributed by atoms with Gasteiger partial charge in [-0.25, -0.2) is 4.39 Å². The monoisotopic (exact) mass is 417 g/mol. The predicted octanol–water partition coefficient (Wildman–Crippen LogP) is 5.26. The third-order valence-corrected chi connectivity index (χ3v) is 5.39. The zero-order chi connectivity index (χ0) is 21.5. The van der Waals surface area contributed by atoms with Gasteiger partial charge in [0, 0.05) is 18.7 Å². The molecule has 1 N–H and O–H groups in total. The van der Waals surface area contributed by atoms with Crippen molar-refractivity contribution < 1.29 is 27.5 Å². The molecule has 0 saturated carbocycles. The zero-order valence-electron chi connectivity index (χ0n) is 15.9. The molecule has 0 aromatic heterocycles. The maximum absolute atomic E-state index is 13.5. The fourth-order valence-corrected chi connectivity index (χ4v) is 3.96. The van der Waals surface area contributed by atoms with E-state index in [1.54, 1.807) is 41.3 Å². The number of alkyl halides is 3. The average molecular weight is 417 g/mol. The Hall–Kier alpha value is -2.93. The van der Waals surface area contributed by atoms with Crippen molar-refractivity contribution in [3.63, 3.8) is 0 Å². The van der Waals surface area contributed by atoms with E-state index in [0.717, 1.165) is 18.6 Å². The molecule has 30 heavy (non-hydrogen) atoms. The molecule has 4 rings (SSSR count). The van der Waals surface area contributed by atoms with Crippen LogP contribution in [0.15, 0.2) is 54.6 Å². The van der Waals surface area contributed by atoms with Crippen LogP contribution >= 0.6 is 0 Å². The summed E-state index contributed by atoms with van der Waals surface area (Å²) in [6, 6.07) is 12.3. The molecule has 3 aromatic rings. The number of carbonyl (C=O) groups is 1. The Morgan fingerprint density at radius 3 is 2.57 bits per heavy atom. The van der Waals surface area contributed by atoms with Gasteiger partial charge in [0.05, 0.1) is 11.7 Å². The summed E-state index contributed by atoms with van der Waals surface area (Å²) in [5, 5.41) is 10.9. The van der Waals surface area contributed by atoms with Crippen LogP contribution in [0.3, 0.4) is 0 Å². The van der Waals surface area contributed by atoms with Crippen LogP contribution < -0.4 is 0 Å². The Morgan fingerprint density at radius 1 is 1.03 bits per heavy atom. The molecule has 0 aliphatic carbocycles. The quantitative estimate of drug-likeness (QED) is 0.578.